The van der Waals surface area contributed by atoms with Crippen LogP contribution in [-0.2, 0) is 4.79 Å². The van der Waals surface area contributed by atoms with E-state index in [-0.39, 0.29) is 11.1 Å². The Balaban J connectivity index is 2.02. The highest BCUT2D eigenvalue weighted by molar-refractivity contribution is 8.18. The number of nitrogens with one attached hydrogen (secondary N) is 1. The van der Waals surface area contributed by atoms with Crippen LogP contribution in [0.4, 0.5) is 4.79 Å². The maximum absolute atomic E-state index is 11.4. The molecule has 1 saturated heterocycles. The molecule has 2 heterocycles. The zero-order chi connectivity index (χ0) is 12.5. The van der Waals surface area contributed by atoms with E-state index in [1.54, 1.807) is 12.3 Å². The highest BCUT2D eigenvalue weighted by atomic mass is 32.2. The van der Waals surface area contributed by atoms with Crippen molar-refractivity contribution >= 4 is 39.9 Å². The molecule has 4 nitrogen and oxygen atoms in total. The van der Waals surface area contributed by atoms with Crippen molar-refractivity contribution in [2.24, 2.45) is 0 Å². The fourth-order valence-electron chi connectivity index (χ4n) is 1.76. The predicted octanol–water partition coefficient (Wildman–Crippen LogP) is 2.56. The number of thioether (sulfide) groups is 1. The van der Waals surface area contributed by atoms with Crippen LogP contribution in [0.1, 0.15) is 5.56 Å². The number of carbonyl (C=O) groups is 2. The molecular formula is C13H8N2O2S. The lowest BCUT2D eigenvalue weighted by molar-refractivity contribution is -0.115. The van der Waals surface area contributed by atoms with Crippen LogP contribution in [0.5, 0.6) is 0 Å². The second-order valence-corrected chi connectivity index (χ2v) is 4.82. The molecule has 0 saturated carbocycles. The van der Waals surface area contributed by atoms with Crippen LogP contribution in [0, 0.1) is 0 Å². The zero-order valence-electron chi connectivity index (χ0n) is 9.21. The molecule has 0 unspecified atom stereocenters. The van der Waals surface area contributed by atoms with Crippen molar-refractivity contribution in [3.63, 3.8) is 0 Å². The van der Waals surface area contributed by atoms with Gasteiger partial charge in [-0.2, -0.15) is 0 Å². The SMILES string of the molecule is O=C1NC(=O)/C(=C/c2ccc3ncccc3c2)S1. The van der Waals surface area contributed by atoms with Crippen LogP contribution in [0.2, 0.25) is 0 Å². The summed E-state index contributed by atoms with van der Waals surface area (Å²) in [6.07, 6.45) is 3.44. The van der Waals surface area contributed by atoms with Crippen LogP contribution >= 0.6 is 11.8 Å². The summed E-state index contributed by atoms with van der Waals surface area (Å²) in [6.45, 7) is 0. The lowest BCUT2D eigenvalue weighted by atomic mass is 10.1. The fraction of sp³-hybridized carbons (Fsp3) is 0. The summed E-state index contributed by atoms with van der Waals surface area (Å²) in [7, 11) is 0. The third kappa shape index (κ3) is 2.00. The average Bonchev–Trinajstić information content (AvgIpc) is 2.68. The van der Waals surface area contributed by atoms with Gasteiger partial charge < -0.3 is 0 Å². The van der Waals surface area contributed by atoms with Crippen molar-refractivity contribution in [3.8, 4) is 0 Å². The van der Waals surface area contributed by atoms with E-state index in [9.17, 15) is 9.59 Å². The summed E-state index contributed by atoms with van der Waals surface area (Å²) in [6, 6.07) is 9.52. The first-order valence-corrected chi connectivity index (χ1v) is 6.14. The second-order valence-electron chi connectivity index (χ2n) is 3.81. The first-order chi connectivity index (χ1) is 8.72. The van der Waals surface area contributed by atoms with Gasteiger partial charge in [-0.3, -0.25) is 19.9 Å². The maximum Gasteiger partial charge on any atom is 0.290 e. The van der Waals surface area contributed by atoms with Gasteiger partial charge in [-0.1, -0.05) is 12.1 Å². The Morgan fingerprint density at radius 3 is 2.89 bits per heavy atom. The highest BCUT2D eigenvalue weighted by Crippen LogP contribution is 2.26. The molecule has 1 aromatic heterocycles. The van der Waals surface area contributed by atoms with E-state index in [0.29, 0.717) is 4.91 Å². The molecule has 1 aliphatic heterocycles. The number of benzene rings is 1. The molecule has 1 N–H and O–H groups in total. The molecule has 3 rings (SSSR count). The van der Waals surface area contributed by atoms with Crippen molar-refractivity contribution in [1.82, 2.24) is 10.3 Å². The quantitative estimate of drug-likeness (QED) is 0.797. The normalized spacial score (nSPS) is 17.4. The number of imide groups is 1. The summed E-state index contributed by atoms with van der Waals surface area (Å²) in [4.78, 5) is 27.1. The van der Waals surface area contributed by atoms with Crippen LogP contribution in [0.3, 0.4) is 0 Å². The van der Waals surface area contributed by atoms with Crippen molar-refractivity contribution in [3.05, 3.63) is 47.0 Å². The number of amides is 2. The molecule has 0 spiro atoms. The van der Waals surface area contributed by atoms with E-state index in [1.807, 2.05) is 30.3 Å². The van der Waals surface area contributed by atoms with Crippen molar-refractivity contribution in [2.45, 2.75) is 0 Å². The van der Waals surface area contributed by atoms with Crippen LogP contribution < -0.4 is 5.32 Å². The predicted molar refractivity (Wildman–Crippen MR) is 70.8 cm³/mol. The van der Waals surface area contributed by atoms with E-state index >= 15 is 0 Å². The highest BCUT2D eigenvalue weighted by Gasteiger charge is 2.24. The number of aromatic nitrogens is 1. The number of pyridine rings is 1. The number of fused-ring (bicyclic) bond motifs is 1. The molecule has 1 aliphatic rings. The molecule has 0 bridgehead atoms. The van der Waals surface area contributed by atoms with Gasteiger partial charge in [0.1, 0.15) is 0 Å². The van der Waals surface area contributed by atoms with Gasteiger partial charge in [0.25, 0.3) is 11.1 Å². The fourth-order valence-corrected chi connectivity index (χ4v) is 2.44. The summed E-state index contributed by atoms with van der Waals surface area (Å²) >= 11 is 0.920. The molecule has 0 atom stereocenters. The van der Waals surface area contributed by atoms with Gasteiger partial charge >= 0.3 is 0 Å². The molecule has 0 aliphatic carbocycles. The average molecular weight is 256 g/mol. The minimum absolute atomic E-state index is 0.325. The monoisotopic (exact) mass is 256 g/mol. The molecule has 2 aromatic rings. The van der Waals surface area contributed by atoms with E-state index in [4.69, 9.17) is 0 Å². The van der Waals surface area contributed by atoms with Crippen molar-refractivity contribution < 1.29 is 9.59 Å². The first kappa shape index (κ1) is 11.0. The zero-order valence-corrected chi connectivity index (χ0v) is 10.0. The standard InChI is InChI=1S/C13H8N2O2S/c16-12-11(18-13(17)15-12)7-8-3-4-10-9(6-8)2-1-5-14-10/h1-7H,(H,15,16,17)/b11-7-. The van der Waals surface area contributed by atoms with E-state index in [2.05, 4.69) is 10.3 Å². The van der Waals surface area contributed by atoms with Gasteiger partial charge in [-0.25, -0.2) is 0 Å². The van der Waals surface area contributed by atoms with E-state index in [1.165, 1.54) is 0 Å². The van der Waals surface area contributed by atoms with Gasteiger partial charge in [0, 0.05) is 11.6 Å². The Labute approximate surface area is 107 Å². The van der Waals surface area contributed by atoms with Gasteiger partial charge in [0.05, 0.1) is 10.4 Å². The lowest BCUT2D eigenvalue weighted by Crippen LogP contribution is -2.17. The van der Waals surface area contributed by atoms with Crippen LogP contribution in [-0.4, -0.2) is 16.1 Å². The summed E-state index contributed by atoms with van der Waals surface area (Å²) < 4.78 is 0. The smallest absolute Gasteiger partial charge is 0.282 e. The molecule has 5 heteroatoms. The first-order valence-electron chi connectivity index (χ1n) is 5.32. The Hall–Kier alpha value is -2.14. The van der Waals surface area contributed by atoms with Gasteiger partial charge in [0.2, 0.25) is 0 Å². The Morgan fingerprint density at radius 1 is 1.22 bits per heavy atom. The van der Waals surface area contributed by atoms with Crippen molar-refractivity contribution in [1.29, 1.82) is 0 Å². The molecule has 18 heavy (non-hydrogen) atoms. The van der Waals surface area contributed by atoms with E-state index < -0.39 is 0 Å². The second kappa shape index (κ2) is 4.27. The number of rotatable bonds is 1. The summed E-state index contributed by atoms with van der Waals surface area (Å²) in [5.41, 5.74) is 1.78. The van der Waals surface area contributed by atoms with Gasteiger partial charge in [-0.15, -0.1) is 0 Å². The van der Waals surface area contributed by atoms with Crippen molar-refractivity contribution in [2.75, 3.05) is 0 Å². The Morgan fingerprint density at radius 2 is 2.11 bits per heavy atom. The molecule has 2 amide bonds. The van der Waals surface area contributed by atoms with Crippen LogP contribution in [0.25, 0.3) is 17.0 Å². The topological polar surface area (TPSA) is 59.1 Å². The lowest BCUT2D eigenvalue weighted by Gasteiger charge is -1.99. The maximum atomic E-state index is 11.4. The minimum atomic E-state index is -0.337. The van der Waals surface area contributed by atoms with Gasteiger partial charge in [-0.05, 0) is 41.6 Å². The molecule has 1 aromatic carbocycles. The molecular weight excluding hydrogens is 248 g/mol. The minimum Gasteiger partial charge on any atom is -0.282 e. The molecule has 0 radical (unpaired) electrons. The number of nitrogens with zero attached hydrogens (tertiary/aromatic N) is 1. The molecule has 88 valence electrons. The summed E-state index contributed by atoms with van der Waals surface area (Å²) in [5.74, 6) is -0.337. The Bertz CT molecular complexity index is 694. The number of hydrogen-bond donors (Lipinski definition) is 1. The third-order valence-electron chi connectivity index (χ3n) is 2.57. The molecule has 1 fully saturated rings. The van der Waals surface area contributed by atoms with Gasteiger partial charge in [0.15, 0.2) is 0 Å². The number of hydrogen-bond acceptors (Lipinski definition) is 4. The summed E-state index contributed by atoms with van der Waals surface area (Å²) in [5, 5.41) is 2.90. The van der Waals surface area contributed by atoms with Crippen LogP contribution in [0.15, 0.2) is 41.4 Å². The van der Waals surface area contributed by atoms with E-state index in [0.717, 1.165) is 28.2 Å². The Kier molecular flexibility index (Phi) is 2.60. The third-order valence-corrected chi connectivity index (χ3v) is 3.38. The largest absolute Gasteiger partial charge is 0.290 e. The number of carbonyl (C=O) groups excluding carboxylic acids is 2.